The molecule has 17 heavy (non-hydrogen) atoms. The summed E-state index contributed by atoms with van der Waals surface area (Å²) in [6.45, 7) is 0. The van der Waals surface area contributed by atoms with E-state index in [0.717, 1.165) is 0 Å². The van der Waals surface area contributed by atoms with Crippen molar-refractivity contribution in [2.75, 3.05) is 0 Å². The Hall–Kier alpha value is -2.84. The molecule has 0 heterocycles. The number of aliphatic carboxylic acids is 4. The van der Waals surface area contributed by atoms with E-state index in [4.69, 9.17) is 20.4 Å². The van der Waals surface area contributed by atoms with E-state index in [9.17, 15) is 19.2 Å². The van der Waals surface area contributed by atoms with Crippen molar-refractivity contribution in [3.63, 3.8) is 0 Å². The molecule has 0 aromatic carbocycles. The van der Waals surface area contributed by atoms with Gasteiger partial charge in [0, 0.05) is 0 Å². The molecule has 0 bridgehead atoms. The first kappa shape index (κ1) is 14.2. The van der Waals surface area contributed by atoms with Gasteiger partial charge in [-0.1, -0.05) is 0 Å². The van der Waals surface area contributed by atoms with Crippen LogP contribution in [0.2, 0.25) is 0 Å². The molecular weight excluding hydrogens is 240 g/mol. The van der Waals surface area contributed by atoms with Crippen molar-refractivity contribution >= 4 is 23.9 Å². The average molecular weight is 246 g/mol. The smallest absolute Gasteiger partial charge is 0.372 e. The highest BCUT2D eigenvalue weighted by Crippen LogP contribution is 2.07. The van der Waals surface area contributed by atoms with Crippen molar-refractivity contribution in [3.8, 4) is 0 Å². The Balaban J connectivity index is 5.22. The summed E-state index contributed by atoms with van der Waals surface area (Å²) in [5, 5.41) is 33.5. The van der Waals surface area contributed by atoms with Gasteiger partial charge in [0.15, 0.2) is 0 Å². The number of ether oxygens (including phenoxy) is 1. The van der Waals surface area contributed by atoms with Crippen LogP contribution in [-0.2, 0) is 23.9 Å². The maximum absolute atomic E-state index is 10.5. The van der Waals surface area contributed by atoms with E-state index in [-0.39, 0.29) is 12.2 Å². The van der Waals surface area contributed by atoms with Crippen LogP contribution in [0, 0.1) is 0 Å². The van der Waals surface area contributed by atoms with Gasteiger partial charge in [0.05, 0.1) is 12.2 Å². The molecular formula is C8H6O9. The summed E-state index contributed by atoms with van der Waals surface area (Å²) in [4.78, 5) is 41.3. The molecule has 0 rings (SSSR count). The predicted molar refractivity (Wildman–Crippen MR) is 47.8 cm³/mol. The fourth-order valence-electron chi connectivity index (χ4n) is 0.612. The minimum Gasteiger partial charge on any atom is -0.478 e. The maximum Gasteiger partial charge on any atom is 0.372 e. The quantitative estimate of drug-likeness (QED) is 0.344. The SMILES string of the molecule is O=C(O)/C=C(/O/C(=C/C(=O)O)C(=O)O)C(=O)O. The third kappa shape index (κ3) is 5.57. The van der Waals surface area contributed by atoms with Gasteiger partial charge in [-0.15, -0.1) is 0 Å². The molecule has 0 radical (unpaired) electrons. The molecule has 0 fully saturated rings. The third-order valence-electron chi connectivity index (χ3n) is 1.15. The van der Waals surface area contributed by atoms with E-state index in [1.807, 2.05) is 0 Å². The van der Waals surface area contributed by atoms with Gasteiger partial charge in [-0.05, 0) is 0 Å². The highest BCUT2D eigenvalue weighted by Gasteiger charge is 2.19. The summed E-state index contributed by atoms with van der Waals surface area (Å²) < 4.78 is 4.16. The van der Waals surface area contributed by atoms with Crippen LogP contribution in [0.3, 0.4) is 0 Å². The first-order valence-corrected chi connectivity index (χ1v) is 3.77. The Labute approximate surface area is 92.9 Å². The van der Waals surface area contributed by atoms with E-state index in [2.05, 4.69) is 4.74 Å². The molecule has 4 N–H and O–H groups in total. The van der Waals surface area contributed by atoms with Crippen LogP contribution in [0.15, 0.2) is 23.7 Å². The van der Waals surface area contributed by atoms with E-state index >= 15 is 0 Å². The van der Waals surface area contributed by atoms with Crippen molar-refractivity contribution in [3.05, 3.63) is 23.7 Å². The van der Waals surface area contributed by atoms with Crippen molar-refractivity contribution in [1.82, 2.24) is 0 Å². The number of rotatable bonds is 6. The van der Waals surface area contributed by atoms with Crippen molar-refractivity contribution in [2.24, 2.45) is 0 Å². The molecule has 0 atom stereocenters. The van der Waals surface area contributed by atoms with Crippen molar-refractivity contribution in [1.29, 1.82) is 0 Å². The van der Waals surface area contributed by atoms with E-state index in [1.54, 1.807) is 0 Å². The van der Waals surface area contributed by atoms with Crippen molar-refractivity contribution in [2.45, 2.75) is 0 Å². The standard InChI is InChI=1S/C8H6O9/c9-5(10)1-3(7(13)14)17-4(8(15)16)2-6(11)12/h1-2H,(H,9,10)(H,11,12)(H,13,14)(H,15,16)/b3-1+,4-2+. The number of hydrogen-bond donors (Lipinski definition) is 4. The summed E-state index contributed by atoms with van der Waals surface area (Å²) in [5.74, 6) is -9.56. The van der Waals surface area contributed by atoms with E-state index in [0.29, 0.717) is 0 Å². The molecule has 0 aromatic heterocycles. The van der Waals surface area contributed by atoms with Gasteiger partial charge in [0.1, 0.15) is 0 Å². The van der Waals surface area contributed by atoms with E-state index < -0.39 is 35.4 Å². The number of carbonyl (C=O) groups is 4. The second-order valence-electron chi connectivity index (χ2n) is 2.41. The van der Waals surface area contributed by atoms with Crippen LogP contribution < -0.4 is 0 Å². The molecule has 0 saturated heterocycles. The normalized spacial score (nSPS) is 11.8. The summed E-state index contributed by atoms with van der Waals surface area (Å²) >= 11 is 0. The number of carboxylic acid groups (broad SMARTS) is 4. The van der Waals surface area contributed by atoms with Crippen LogP contribution in [0.4, 0.5) is 0 Å². The monoisotopic (exact) mass is 246 g/mol. The van der Waals surface area contributed by atoms with Crippen LogP contribution in [0.25, 0.3) is 0 Å². The fraction of sp³-hybridized carbons (Fsp3) is 0. The van der Waals surface area contributed by atoms with Gasteiger partial charge in [-0.3, -0.25) is 0 Å². The largest absolute Gasteiger partial charge is 0.478 e. The minimum atomic E-state index is -1.86. The zero-order valence-electron chi connectivity index (χ0n) is 7.98. The summed E-state index contributed by atoms with van der Waals surface area (Å²) in [6, 6.07) is 0. The molecule has 0 spiro atoms. The molecule has 0 aliphatic heterocycles. The predicted octanol–water partition coefficient (Wildman–Crippen LogP) is -0.891. The lowest BCUT2D eigenvalue weighted by molar-refractivity contribution is -0.141. The summed E-state index contributed by atoms with van der Waals surface area (Å²) in [6.07, 6.45) is 0.169. The number of carboxylic acids is 4. The molecule has 0 aliphatic rings. The lowest BCUT2D eigenvalue weighted by Crippen LogP contribution is -2.13. The van der Waals surface area contributed by atoms with E-state index in [1.165, 1.54) is 0 Å². The van der Waals surface area contributed by atoms with Crippen LogP contribution in [0.5, 0.6) is 0 Å². The first-order chi connectivity index (χ1) is 7.73. The lowest BCUT2D eigenvalue weighted by atomic mass is 10.4. The van der Waals surface area contributed by atoms with Gasteiger partial charge in [-0.25, -0.2) is 19.2 Å². The molecule has 9 nitrogen and oxygen atoms in total. The Kier molecular flexibility index (Phi) is 4.91. The highest BCUT2D eigenvalue weighted by molar-refractivity contribution is 5.96. The lowest BCUT2D eigenvalue weighted by Gasteiger charge is -2.04. The summed E-state index contributed by atoms with van der Waals surface area (Å²) in [7, 11) is 0. The molecule has 92 valence electrons. The van der Waals surface area contributed by atoms with Gasteiger partial charge < -0.3 is 25.2 Å². The zero-order valence-corrected chi connectivity index (χ0v) is 7.98. The Morgan fingerprint density at radius 1 is 0.706 bits per heavy atom. The minimum absolute atomic E-state index is 0.0843. The second-order valence-corrected chi connectivity index (χ2v) is 2.41. The fourth-order valence-corrected chi connectivity index (χ4v) is 0.612. The van der Waals surface area contributed by atoms with Gasteiger partial charge in [-0.2, -0.15) is 0 Å². The maximum atomic E-state index is 10.5. The molecule has 0 amide bonds. The summed E-state index contributed by atoms with van der Waals surface area (Å²) in [5.41, 5.74) is 0. The Morgan fingerprint density at radius 3 is 1.18 bits per heavy atom. The molecule has 0 aromatic rings. The van der Waals surface area contributed by atoms with Gasteiger partial charge >= 0.3 is 23.9 Å². The molecule has 9 heteroatoms. The first-order valence-electron chi connectivity index (χ1n) is 3.77. The van der Waals surface area contributed by atoms with Crippen LogP contribution >= 0.6 is 0 Å². The molecule has 0 aliphatic carbocycles. The third-order valence-corrected chi connectivity index (χ3v) is 1.15. The zero-order chi connectivity index (χ0) is 13.6. The molecule has 0 unspecified atom stereocenters. The Bertz CT molecular complexity index is 388. The second kappa shape index (κ2) is 5.90. The molecule has 0 saturated carbocycles. The topological polar surface area (TPSA) is 158 Å². The van der Waals surface area contributed by atoms with Gasteiger partial charge in [0.25, 0.3) is 0 Å². The van der Waals surface area contributed by atoms with Gasteiger partial charge in [0.2, 0.25) is 11.5 Å². The van der Waals surface area contributed by atoms with Crippen molar-refractivity contribution < 1.29 is 44.3 Å². The van der Waals surface area contributed by atoms with Crippen LogP contribution in [-0.4, -0.2) is 44.3 Å². The Morgan fingerprint density at radius 2 is 1.00 bits per heavy atom. The van der Waals surface area contributed by atoms with Crippen LogP contribution in [0.1, 0.15) is 0 Å². The highest BCUT2D eigenvalue weighted by atomic mass is 16.5. The number of hydrogen-bond acceptors (Lipinski definition) is 5. The average Bonchev–Trinajstić information content (AvgIpc) is 2.13.